The quantitative estimate of drug-likeness (QED) is 0.841. The van der Waals surface area contributed by atoms with Gasteiger partial charge in [0.25, 0.3) is 10.0 Å². The lowest BCUT2D eigenvalue weighted by Gasteiger charge is -2.09. The summed E-state index contributed by atoms with van der Waals surface area (Å²) >= 11 is 3.42. The molecule has 1 aliphatic carbocycles. The summed E-state index contributed by atoms with van der Waals surface area (Å²) in [5, 5.41) is 4.42. The lowest BCUT2D eigenvalue weighted by Crippen LogP contribution is -2.13. The van der Waals surface area contributed by atoms with Crippen LogP contribution >= 0.6 is 15.9 Å². The van der Waals surface area contributed by atoms with Crippen molar-refractivity contribution >= 4 is 31.6 Å². The molecular weight excluding hydrogens is 378 g/mol. The van der Waals surface area contributed by atoms with E-state index in [0.29, 0.717) is 17.4 Å². The Morgan fingerprint density at radius 1 is 1.26 bits per heavy atom. The number of sulfonamides is 1. The van der Waals surface area contributed by atoms with Crippen LogP contribution < -0.4 is 4.72 Å². The van der Waals surface area contributed by atoms with Gasteiger partial charge in [-0.15, -0.1) is 0 Å². The molecule has 0 bridgehead atoms. The van der Waals surface area contributed by atoms with Crippen LogP contribution in [0.5, 0.6) is 0 Å². The first-order chi connectivity index (χ1) is 10.9. The van der Waals surface area contributed by atoms with Crippen LogP contribution in [-0.4, -0.2) is 18.2 Å². The van der Waals surface area contributed by atoms with E-state index in [9.17, 15) is 8.42 Å². The molecule has 0 atom stereocenters. The Balaban J connectivity index is 1.88. The number of nitrogens with zero attached hydrogens (tertiary/aromatic N) is 2. The molecule has 2 aromatic rings. The maximum absolute atomic E-state index is 12.7. The van der Waals surface area contributed by atoms with E-state index in [1.54, 1.807) is 25.3 Å². The molecule has 0 radical (unpaired) electrons. The number of halogens is 1. The Bertz CT molecular complexity index is 824. The highest BCUT2D eigenvalue weighted by atomic mass is 79.9. The van der Waals surface area contributed by atoms with Crippen molar-refractivity contribution in [2.45, 2.75) is 50.5 Å². The average molecular weight is 398 g/mol. The summed E-state index contributed by atoms with van der Waals surface area (Å²) in [7, 11) is -3.63. The summed E-state index contributed by atoms with van der Waals surface area (Å²) in [6.07, 6.45) is 6.17. The Morgan fingerprint density at radius 3 is 2.61 bits per heavy atom. The summed E-state index contributed by atoms with van der Waals surface area (Å²) in [6, 6.07) is 5.71. The predicted molar refractivity (Wildman–Crippen MR) is 94.2 cm³/mol. The van der Waals surface area contributed by atoms with Gasteiger partial charge in [-0.2, -0.15) is 5.10 Å². The maximum atomic E-state index is 12.7. The van der Waals surface area contributed by atoms with Crippen molar-refractivity contribution < 1.29 is 8.42 Å². The number of anilines is 1. The molecule has 0 aliphatic heterocycles. The Morgan fingerprint density at radius 2 is 1.96 bits per heavy atom. The standard InChI is InChI=1S/C16H20BrN3O2S/c1-11-9-13(7-8-15(11)17)19-23(21,22)16-10-20(18-12(16)2)14-5-3-4-6-14/h7-10,14,19H,3-6H2,1-2H3. The molecule has 1 fully saturated rings. The van der Waals surface area contributed by atoms with Crippen LogP contribution in [0.4, 0.5) is 5.69 Å². The fourth-order valence-corrected chi connectivity index (χ4v) is 4.47. The van der Waals surface area contributed by atoms with Crippen molar-refractivity contribution in [3.63, 3.8) is 0 Å². The highest BCUT2D eigenvalue weighted by Gasteiger charge is 2.24. The van der Waals surface area contributed by atoms with Gasteiger partial charge in [0.05, 0.1) is 11.7 Å². The van der Waals surface area contributed by atoms with Crippen molar-refractivity contribution in [2.24, 2.45) is 0 Å². The lowest BCUT2D eigenvalue weighted by molar-refractivity contribution is 0.464. The zero-order valence-electron chi connectivity index (χ0n) is 13.2. The second kappa shape index (κ2) is 6.28. The molecule has 1 aromatic heterocycles. The lowest BCUT2D eigenvalue weighted by atomic mass is 10.2. The monoisotopic (exact) mass is 397 g/mol. The minimum Gasteiger partial charge on any atom is -0.280 e. The first-order valence-corrected chi connectivity index (χ1v) is 9.99. The van der Waals surface area contributed by atoms with Crippen LogP contribution in [0.15, 0.2) is 33.8 Å². The van der Waals surface area contributed by atoms with E-state index < -0.39 is 10.0 Å². The summed E-state index contributed by atoms with van der Waals surface area (Å²) in [5.74, 6) is 0. The molecule has 7 heteroatoms. The third-order valence-corrected chi connectivity index (χ3v) is 6.64. The van der Waals surface area contributed by atoms with Gasteiger partial charge in [0.2, 0.25) is 0 Å². The first kappa shape index (κ1) is 16.5. The molecule has 3 rings (SSSR count). The smallest absolute Gasteiger partial charge is 0.265 e. The van der Waals surface area contributed by atoms with Gasteiger partial charge in [-0.25, -0.2) is 8.42 Å². The highest BCUT2D eigenvalue weighted by molar-refractivity contribution is 9.10. The SMILES string of the molecule is Cc1cc(NS(=O)(=O)c2cn(C3CCCC3)nc2C)ccc1Br. The van der Waals surface area contributed by atoms with Crippen LogP contribution in [-0.2, 0) is 10.0 Å². The largest absolute Gasteiger partial charge is 0.280 e. The van der Waals surface area contributed by atoms with E-state index in [4.69, 9.17) is 0 Å². The predicted octanol–water partition coefficient (Wildman–Crippen LogP) is 4.18. The molecule has 0 saturated heterocycles. The van der Waals surface area contributed by atoms with Gasteiger partial charge in [0, 0.05) is 16.4 Å². The number of benzene rings is 1. The molecule has 1 heterocycles. The Kier molecular flexibility index (Phi) is 4.51. The van der Waals surface area contributed by atoms with E-state index in [-0.39, 0.29) is 4.90 Å². The van der Waals surface area contributed by atoms with Gasteiger partial charge < -0.3 is 0 Å². The fourth-order valence-electron chi connectivity index (χ4n) is 3.00. The number of aryl methyl sites for hydroxylation is 2. The maximum Gasteiger partial charge on any atom is 0.265 e. The van der Waals surface area contributed by atoms with E-state index in [0.717, 1.165) is 22.9 Å². The summed E-state index contributed by atoms with van der Waals surface area (Å²) in [6.45, 7) is 3.66. The average Bonchev–Trinajstić information content (AvgIpc) is 3.11. The van der Waals surface area contributed by atoms with E-state index >= 15 is 0 Å². The van der Waals surface area contributed by atoms with Crippen LogP contribution in [0.3, 0.4) is 0 Å². The van der Waals surface area contributed by atoms with Crippen LogP contribution in [0, 0.1) is 13.8 Å². The number of rotatable bonds is 4. The summed E-state index contributed by atoms with van der Waals surface area (Å²) in [4.78, 5) is 0.255. The molecule has 1 aromatic carbocycles. The van der Waals surface area contributed by atoms with E-state index in [2.05, 4.69) is 25.8 Å². The van der Waals surface area contributed by atoms with Crippen molar-refractivity contribution in [1.82, 2.24) is 9.78 Å². The Hall–Kier alpha value is -1.34. The molecular formula is C16H20BrN3O2S. The summed E-state index contributed by atoms with van der Waals surface area (Å²) in [5.41, 5.74) is 2.07. The van der Waals surface area contributed by atoms with Crippen LogP contribution in [0.25, 0.3) is 0 Å². The van der Waals surface area contributed by atoms with Crippen molar-refractivity contribution in [3.8, 4) is 0 Å². The number of hydrogen-bond donors (Lipinski definition) is 1. The molecule has 23 heavy (non-hydrogen) atoms. The van der Waals surface area contributed by atoms with Crippen LogP contribution in [0.2, 0.25) is 0 Å². The topological polar surface area (TPSA) is 64.0 Å². The summed E-state index contributed by atoms with van der Waals surface area (Å²) < 4.78 is 30.8. The fraction of sp³-hybridized carbons (Fsp3) is 0.438. The van der Waals surface area contributed by atoms with Gasteiger partial charge in [0.1, 0.15) is 4.90 Å². The van der Waals surface area contributed by atoms with Gasteiger partial charge >= 0.3 is 0 Å². The van der Waals surface area contributed by atoms with Gasteiger partial charge in [0.15, 0.2) is 0 Å². The normalized spacial score (nSPS) is 16.0. The molecule has 1 saturated carbocycles. The molecule has 124 valence electrons. The molecule has 5 nitrogen and oxygen atoms in total. The van der Waals surface area contributed by atoms with Gasteiger partial charge in [-0.05, 0) is 50.5 Å². The zero-order chi connectivity index (χ0) is 16.6. The molecule has 1 N–H and O–H groups in total. The highest BCUT2D eigenvalue weighted by Crippen LogP contribution is 2.30. The van der Waals surface area contributed by atoms with Crippen molar-refractivity contribution in [2.75, 3.05) is 4.72 Å². The second-order valence-electron chi connectivity index (χ2n) is 6.07. The minimum absolute atomic E-state index is 0.255. The van der Waals surface area contributed by atoms with Crippen LogP contribution in [0.1, 0.15) is 43.0 Å². The number of aromatic nitrogens is 2. The van der Waals surface area contributed by atoms with E-state index in [1.807, 2.05) is 17.7 Å². The van der Waals surface area contributed by atoms with Gasteiger partial charge in [-0.3, -0.25) is 9.40 Å². The molecule has 0 unspecified atom stereocenters. The van der Waals surface area contributed by atoms with E-state index in [1.165, 1.54) is 12.8 Å². The number of nitrogens with one attached hydrogen (secondary N) is 1. The number of hydrogen-bond acceptors (Lipinski definition) is 3. The van der Waals surface area contributed by atoms with Gasteiger partial charge in [-0.1, -0.05) is 28.8 Å². The third kappa shape index (κ3) is 3.45. The first-order valence-electron chi connectivity index (χ1n) is 7.71. The molecule has 0 amide bonds. The second-order valence-corrected chi connectivity index (χ2v) is 8.57. The molecule has 0 spiro atoms. The third-order valence-electron chi connectivity index (χ3n) is 4.27. The zero-order valence-corrected chi connectivity index (χ0v) is 15.6. The Labute approximate surface area is 145 Å². The van der Waals surface area contributed by atoms with Crippen molar-refractivity contribution in [3.05, 3.63) is 40.1 Å². The molecule has 1 aliphatic rings. The minimum atomic E-state index is -3.63. The van der Waals surface area contributed by atoms with Crippen molar-refractivity contribution in [1.29, 1.82) is 0 Å².